The molecule has 96 valence electrons. The van der Waals surface area contributed by atoms with Gasteiger partial charge in [0, 0.05) is 5.41 Å². The van der Waals surface area contributed by atoms with Gasteiger partial charge in [-0.25, -0.2) is 0 Å². The van der Waals surface area contributed by atoms with E-state index in [0.29, 0.717) is 11.5 Å². The van der Waals surface area contributed by atoms with Crippen molar-refractivity contribution in [3.8, 4) is 0 Å². The number of fused-ring (bicyclic) bond motifs is 2. The third kappa shape index (κ3) is 2.29. The number of aliphatic carboxylic acids is 1. The minimum Gasteiger partial charge on any atom is -0.481 e. The molecule has 0 aromatic carbocycles. The molecule has 1 N–H and O–H groups in total. The van der Waals surface area contributed by atoms with Crippen LogP contribution < -0.4 is 0 Å². The van der Waals surface area contributed by atoms with Crippen LogP contribution >= 0.6 is 23.2 Å². The highest BCUT2D eigenvalue weighted by atomic mass is 35.5. The van der Waals surface area contributed by atoms with Gasteiger partial charge in [-0.05, 0) is 24.3 Å². The fourth-order valence-electron chi connectivity index (χ4n) is 3.75. The van der Waals surface area contributed by atoms with Gasteiger partial charge < -0.3 is 5.11 Å². The van der Waals surface area contributed by atoms with Crippen LogP contribution in [0.3, 0.4) is 0 Å². The third-order valence-electron chi connectivity index (χ3n) is 4.50. The van der Waals surface area contributed by atoms with E-state index >= 15 is 0 Å². The summed E-state index contributed by atoms with van der Waals surface area (Å²) in [6, 6.07) is 0. The fourth-order valence-corrected chi connectivity index (χ4v) is 6.83. The molecule has 4 unspecified atom stereocenters. The summed E-state index contributed by atoms with van der Waals surface area (Å²) in [6.45, 7) is 2.13. The highest BCUT2D eigenvalue weighted by Crippen LogP contribution is 2.60. The fraction of sp³-hybridized carbons (Fsp3) is 0.750. The summed E-state index contributed by atoms with van der Waals surface area (Å²) in [5.74, 6) is -0.407. The molecule has 0 aliphatic heterocycles. The molecule has 0 radical (unpaired) electrons. The Hall–Kier alpha value is 0.00688. The van der Waals surface area contributed by atoms with Gasteiger partial charge in [0.05, 0.1) is 19.9 Å². The van der Waals surface area contributed by atoms with E-state index in [1.54, 1.807) is 0 Å². The van der Waals surface area contributed by atoms with E-state index in [9.17, 15) is 9.90 Å². The van der Waals surface area contributed by atoms with E-state index in [1.165, 1.54) is 0 Å². The van der Waals surface area contributed by atoms with Crippen LogP contribution in [0.1, 0.15) is 26.2 Å². The van der Waals surface area contributed by atoms with Crippen molar-refractivity contribution in [1.82, 2.24) is 0 Å². The van der Waals surface area contributed by atoms with Crippen LogP contribution in [-0.4, -0.2) is 25.1 Å². The maximum absolute atomic E-state index is 11.4. The molecule has 1 fully saturated rings. The molecule has 2 rings (SSSR count). The summed E-state index contributed by atoms with van der Waals surface area (Å²) >= 11 is 11.9. The minimum atomic E-state index is -0.658. The molecule has 2 bridgehead atoms. The van der Waals surface area contributed by atoms with Gasteiger partial charge in [0.25, 0.3) is 0 Å². The second-order valence-corrected chi connectivity index (χ2v) is 9.88. The van der Waals surface area contributed by atoms with Crippen LogP contribution in [0.15, 0.2) is 12.2 Å². The predicted octanol–water partition coefficient (Wildman–Crippen LogP) is 2.78. The van der Waals surface area contributed by atoms with Crippen molar-refractivity contribution in [2.45, 2.75) is 36.2 Å². The SMILES string of the molecule is CCC([SiH2]C(Cl)Cl)C12C=CC(CC1C(=O)O)C2. The zero-order valence-electron chi connectivity index (χ0n) is 9.90. The molecule has 0 saturated heterocycles. The van der Waals surface area contributed by atoms with Gasteiger partial charge in [-0.2, -0.15) is 0 Å². The van der Waals surface area contributed by atoms with E-state index in [1.807, 2.05) is 0 Å². The maximum Gasteiger partial charge on any atom is 0.307 e. The van der Waals surface area contributed by atoms with E-state index in [4.69, 9.17) is 23.2 Å². The average Bonchev–Trinajstić information content (AvgIpc) is 2.83. The van der Waals surface area contributed by atoms with Gasteiger partial charge >= 0.3 is 5.97 Å². The Bertz CT molecular complexity index is 345. The predicted molar refractivity (Wildman–Crippen MR) is 73.5 cm³/mol. The molecule has 0 heterocycles. The number of hydrogen-bond acceptors (Lipinski definition) is 1. The van der Waals surface area contributed by atoms with Crippen LogP contribution in [0, 0.1) is 17.3 Å². The summed E-state index contributed by atoms with van der Waals surface area (Å²) in [7, 11) is -0.658. The van der Waals surface area contributed by atoms with Crippen LogP contribution in [0.5, 0.6) is 0 Å². The quantitative estimate of drug-likeness (QED) is 0.481. The molecule has 4 atom stereocenters. The van der Waals surface area contributed by atoms with Crippen molar-refractivity contribution in [1.29, 1.82) is 0 Å². The molecule has 0 aromatic heterocycles. The van der Waals surface area contributed by atoms with Crippen molar-refractivity contribution in [3.05, 3.63) is 12.2 Å². The van der Waals surface area contributed by atoms with Crippen molar-refractivity contribution >= 4 is 38.7 Å². The number of halogens is 2. The molecule has 0 aromatic rings. The molecule has 2 nitrogen and oxygen atoms in total. The number of allylic oxidation sites excluding steroid dienone is 2. The first kappa shape index (κ1) is 13.4. The second kappa shape index (κ2) is 4.94. The Kier molecular flexibility index (Phi) is 3.91. The van der Waals surface area contributed by atoms with Crippen molar-refractivity contribution in [2.75, 3.05) is 0 Å². The highest BCUT2D eigenvalue weighted by molar-refractivity contribution is 6.69. The third-order valence-corrected chi connectivity index (χ3v) is 7.83. The average molecular weight is 293 g/mol. The summed E-state index contributed by atoms with van der Waals surface area (Å²) in [4.78, 5) is 11.4. The first-order valence-electron chi connectivity index (χ1n) is 6.20. The number of rotatable bonds is 5. The number of carboxylic acids is 1. The number of alkyl halides is 2. The molecule has 2 aliphatic rings. The summed E-state index contributed by atoms with van der Waals surface area (Å²) in [6.07, 6.45) is 7.15. The molecule has 0 spiro atoms. The van der Waals surface area contributed by atoms with E-state index in [2.05, 4.69) is 19.1 Å². The number of carbonyl (C=O) groups is 1. The Morgan fingerprint density at radius 3 is 2.82 bits per heavy atom. The molecular formula is C12H18Cl2O2Si. The summed E-state index contributed by atoms with van der Waals surface area (Å²) in [5.41, 5.74) is 0.270. The molecule has 17 heavy (non-hydrogen) atoms. The van der Waals surface area contributed by atoms with Gasteiger partial charge in [0.2, 0.25) is 0 Å². The van der Waals surface area contributed by atoms with Crippen molar-refractivity contribution in [3.63, 3.8) is 0 Å². The standard InChI is InChI=1S/C12H18Cl2O2Si/c1-2-9(17-11(13)14)12-4-3-7(6-12)5-8(12)10(15)16/h3-4,7-9,11H,2,5-6,17H2,1H3,(H,15,16). The van der Waals surface area contributed by atoms with Crippen molar-refractivity contribution in [2.24, 2.45) is 17.3 Å². The number of carboxylic acid groups (broad SMARTS) is 1. The van der Waals surface area contributed by atoms with Crippen LogP contribution in [0.25, 0.3) is 0 Å². The highest BCUT2D eigenvalue weighted by Gasteiger charge is 2.55. The first-order valence-corrected chi connectivity index (χ1v) is 8.70. The Morgan fingerprint density at radius 1 is 1.65 bits per heavy atom. The van der Waals surface area contributed by atoms with Crippen LogP contribution in [0.4, 0.5) is 0 Å². The normalized spacial score (nSPS) is 37.4. The van der Waals surface area contributed by atoms with Gasteiger partial charge in [0.1, 0.15) is 0 Å². The van der Waals surface area contributed by atoms with Crippen LogP contribution in [-0.2, 0) is 4.79 Å². The zero-order valence-corrected chi connectivity index (χ0v) is 12.8. The number of hydrogen-bond donors (Lipinski definition) is 1. The van der Waals surface area contributed by atoms with Crippen molar-refractivity contribution < 1.29 is 9.90 Å². The molecular weight excluding hydrogens is 275 g/mol. The van der Waals surface area contributed by atoms with E-state index in [0.717, 1.165) is 19.3 Å². The lowest BCUT2D eigenvalue weighted by atomic mass is 9.74. The van der Waals surface area contributed by atoms with Gasteiger partial charge in [-0.15, -0.1) is 23.2 Å². The molecule has 2 aliphatic carbocycles. The van der Waals surface area contributed by atoms with Gasteiger partial charge in [-0.3, -0.25) is 4.79 Å². The summed E-state index contributed by atoms with van der Waals surface area (Å²) in [5, 5.41) is 9.39. The lowest BCUT2D eigenvalue weighted by Crippen LogP contribution is -2.37. The molecule has 0 amide bonds. The maximum atomic E-state index is 11.4. The second-order valence-electron chi connectivity index (χ2n) is 5.29. The Balaban J connectivity index is 2.25. The topological polar surface area (TPSA) is 37.3 Å². The van der Waals surface area contributed by atoms with E-state index < -0.39 is 15.5 Å². The summed E-state index contributed by atoms with van der Waals surface area (Å²) < 4.78 is -0.267. The first-order chi connectivity index (χ1) is 7.99. The van der Waals surface area contributed by atoms with Gasteiger partial charge in [0.15, 0.2) is 0 Å². The Morgan fingerprint density at radius 2 is 2.35 bits per heavy atom. The molecule has 5 heteroatoms. The van der Waals surface area contributed by atoms with Crippen LogP contribution in [0.2, 0.25) is 5.54 Å². The lowest BCUT2D eigenvalue weighted by molar-refractivity contribution is -0.144. The largest absolute Gasteiger partial charge is 0.481 e. The monoisotopic (exact) mass is 292 g/mol. The van der Waals surface area contributed by atoms with E-state index in [-0.39, 0.29) is 15.8 Å². The molecule has 1 saturated carbocycles. The minimum absolute atomic E-state index is 0.139. The Labute approximate surface area is 114 Å². The lowest BCUT2D eigenvalue weighted by Gasteiger charge is -2.37. The zero-order chi connectivity index (χ0) is 12.6. The van der Waals surface area contributed by atoms with Gasteiger partial charge in [-0.1, -0.05) is 25.5 Å². The smallest absolute Gasteiger partial charge is 0.307 e.